The Kier molecular flexibility index (Phi) is 8.96. The fourth-order valence-electron chi connectivity index (χ4n) is 3.24. The van der Waals surface area contributed by atoms with E-state index in [1.165, 1.54) is 18.4 Å². The van der Waals surface area contributed by atoms with Gasteiger partial charge in [-0.2, -0.15) is 0 Å². The van der Waals surface area contributed by atoms with Gasteiger partial charge in [0.25, 0.3) is 5.91 Å². The van der Waals surface area contributed by atoms with Gasteiger partial charge in [-0.3, -0.25) is 19.3 Å². The standard InChI is InChI=1S/C20H30N4O7S/c1-14(2)8-10-23(18(26)13-22-19(27)17-7-5-11-31-17)20(28)24(32(3,29)30)15-6-4-9-21-12-16(15)25/h5,7,11,14-15,21H,4,6,8-10,12-13H2,1-3H3,(H,22,27)/t15-/m0/s1. The van der Waals surface area contributed by atoms with Crippen LogP contribution in [0.3, 0.4) is 0 Å². The number of hydrogen-bond acceptors (Lipinski definition) is 8. The van der Waals surface area contributed by atoms with Crippen molar-refractivity contribution < 1.29 is 32.0 Å². The zero-order valence-corrected chi connectivity index (χ0v) is 19.3. The van der Waals surface area contributed by atoms with Gasteiger partial charge in [-0.15, -0.1) is 0 Å². The van der Waals surface area contributed by atoms with Crippen LogP contribution >= 0.6 is 0 Å². The molecule has 2 N–H and O–H groups in total. The van der Waals surface area contributed by atoms with Crippen LogP contribution in [0.4, 0.5) is 4.79 Å². The van der Waals surface area contributed by atoms with E-state index in [0.717, 1.165) is 11.2 Å². The van der Waals surface area contributed by atoms with Crippen LogP contribution < -0.4 is 10.6 Å². The summed E-state index contributed by atoms with van der Waals surface area (Å²) >= 11 is 0. The molecule has 0 bridgehead atoms. The number of hydrogen-bond donors (Lipinski definition) is 2. The van der Waals surface area contributed by atoms with Gasteiger partial charge in [0.15, 0.2) is 11.5 Å². The lowest BCUT2D eigenvalue weighted by Crippen LogP contribution is -2.56. The molecule has 178 valence electrons. The van der Waals surface area contributed by atoms with Crippen molar-refractivity contribution in [2.24, 2.45) is 5.92 Å². The molecule has 0 aliphatic carbocycles. The Labute approximate surface area is 187 Å². The summed E-state index contributed by atoms with van der Waals surface area (Å²) in [4.78, 5) is 51.6. The molecule has 4 amide bonds. The van der Waals surface area contributed by atoms with E-state index in [-0.39, 0.29) is 31.2 Å². The molecule has 12 heteroatoms. The van der Waals surface area contributed by atoms with E-state index in [1.54, 1.807) is 0 Å². The summed E-state index contributed by atoms with van der Waals surface area (Å²) in [6.45, 7) is 3.63. The highest BCUT2D eigenvalue weighted by molar-refractivity contribution is 7.88. The van der Waals surface area contributed by atoms with Crippen LogP contribution in [-0.4, -0.2) is 79.7 Å². The van der Waals surface area contributed by atoms with Gasteiger partial charge in [-0.05, 0) is 43.9 Å². The number of urea groups is 1. The number of ketones is 1. The number of carbonyl (C=O) groups is 4. The molecule has 0 aromatic carbocycles. The number of furan rings is 1. The number of carbonyl (C=O) groups excluding carboxylic acids is 4. The SMILES string of the molecule is CC(C)CCN(C(=O)CNC(=O)c1ccco1)C(=O)N([C@H]1CCCNCC1=O)S(C)(=O)=O. The van der Waals surface area contributed by atoms with E-state index in [2.05, 4.69) is 10.6 Å². The highest BCUT2D eigenvalue weighted by Crippen LogP contribution is 2.18. The Morgan fingerprint density at radius 2 is 2.03 bits per heavy atom. The molecule has 1 saturated heterocycles. The summed E-state index contributed by atoms with van der Waals surface area (Å²) < 4.78 is 30.5. The van der Waals surface area contributed by atoms with Crippen molar-refractivity contribution in [1.82, 2.24) is 19.8 Å². The molecule has 2 rings (SSSR count). The Balaban J connectivity index is 2.26. The van der Waals surface area contributed by atoms with Crippen LogP contribution in [0, 0.1) is 5.92 Å². The molecule has 0 radical (unpaired) electrons. The molecular weight excluding hydrogens is 440 g/mol. The van der Waals surface area contributed by atoms with Crippen molar-refractivity contribution in [2.75, 3.05) is 32.4 Å². The lowest BCUT2D eigenvalue weighted by molar-refractivity contribution is -0.128. The number of amides is 4. The first kappa shape index (κ1) is 25.5. The minimum atomic E-state index is -4.16. The van der Waals surface area contributed by atoms with Crippen molar-refractivity contribution in [2.45, 2.75) is 39.2 Å². The van der Waals surface area contributed by atoms with Crippen molar-refractivity contribution in [3.63, 3.8) is 0 Å². The normalized spacial score (nSPS) is 17.0. The second-order valence-electron chi connectivity index (χ2n) is 8.03. The topological polar surface area (TPSA) is 146 Å². The molecule has 1 atom stereocenters. The average Bonchev–Trinajstić information content (AvgIpc) is 3.16. The Hall–Kier alpha value is -2.73. The van der Waals surface area contributed by atoms with Gasteiger partial charge in [0.2, 0.25) is 15.9 Å². The monoisotopic (exact) mass is 470 g/mol. The molecule has 11 nitrogen and oxygen atoms in total. The third kappa shape index (κ3) is 6.89. The molecule has 1 fully saturated rings. The Morgan fingerprint density at radius 1 is 1.31 bits per heavy atom. The molecule has 1 aromatic heterocycles. The molecular formula is C20H30N4O7S. The van der Waals surface area contributed by atoms with Crippen LogP contribution in [0.1, 0.15) is 43.7 Å². The average molecular weight is 471 g/mol. The fraction of sp³-hybridized carbons (Fsp3) is 0.600. The van der Waals surface area contributed by atoms with Crippen molar-refractivity contribution in [3.05, 3.63) is 24.2 Å². The largest absolute Gasteiger partial charge is 0.459 e. The minimum absolute atomic E-state index is 0.00725. The highest BCUT2D eigenvalue weighted by Gasteiger charge is 2.40. The van der Waals surface area contributed by atoms with E-state index in [9.17, 15) is 27.6 Å². The van der Waals surface area contributed by atoms with E-state index >= 15 is 0 Å². The molecule has 1 aromatic rings. The van der Waals surface area contributed by atoms with Gasteiger partial charge >= 0.3 is 6.03 Å². The van der Waals surface area contributed by atoms with E-state index in [1.807, 2.05) is 13.8 Å². The van der Waals surface area contributed by atoms with Crippen molar-refractivity contribution in [1.29, 1.82) is 0 Å². The number of nitrogens with zero attached hydrogens (tertiary/aromatic N) is 2. The van der Waals surface area contributed by atoms with Crippen LogP contribution in [-0.2, 0) is 19.6 Å². The van der Waals surface area contributed by atoms with Gasteiger partial charge in [0.05, 0.1) is 25.6 Å². The predicted molar refractivity (Wildman–Crippen MR) is 115 cm³/mol. The van der Waals surface area contributed by atoms with Gasteiger partial charge in [-0.25, -0.2) is 17.5 Å². The maximum Gasteiger partial charge on any atom is 0.341 e. The van der Waals surface area contributed by atoms with Crippen LogP contribution in [0.15, 0.2) is 22.8 Å². The Morgan fingerprint density at radius 3 is 2.62 bits per heavy atom. The Bertz CT molecular complexity index is 928. The molecule has 0 spiro atoms. The van der Waals surface area contributed by atoms with Crippen molar-refractivity contribution in [3.8, 4) is 0 Å². The summed E-state index contributed by atoms with van der Waals surface area (Å²) in [5.74, 6) is -1.77. The third-order valence-electron chi connectivity index (χ3n) is 4.94. The molecule has 1 aliphatic rings. The first-order valence-electron chi connectivity index (χ1n) is 10.4. The van der Waals surface area contributed by atoms with Crippen LogP contribution in [0.2, 0.25) is 0 Å². The molecule has 32 heavy (non-hydrogen) atoms. The van der Waals surface area contributed by atoms with E-state index < -0.39 is 46.2 Å². The van der Waals surface area contributed by atoms with Crippen molar-refractivity contribution >= 4 is 33.7 Å². The van der Waals surface area contributed by atoms with Gasteiger partial charge in [-0.1, -0.05) is 13.8 Å². The summed E-state index contributed by atoms with van der Waals surface area (Å²) in [6, 6.07) is 0.640. The number of sulfonamides is 1. The zero-order chi connectivity index (χ0) is 23.9. The molecule has 2 heterocycles. The summed E-state index contributed by atoms with van der Waals surface area (Å²) in [7, 11) is -4.16. The quantitative estimate of drug-likeness (QED) is 0.561. The smallest absolute Gasteiger partial charge is 0.341 e. The third-order valence-corrected chi connectivity index (χ3v) is 6.06. The number of imide groups is 1. The van der Waals surface area contributed by atoms with E-state index in [0.29, 0.717) is 23.7 Å². The number of nitrogens with one attached hydrogen (secondary N) is 2. The number of Topliss-reactive ketones (excluding diaryl/α,β-unsaturated/α-hetero) is 1. The first-order valence-corrected chi connectivity index (χ1v) is 12.3. The second kappa shape index (κ2) is 11.2. The fourth-order valence-corrected chi connectivity index (χ4v) is 4.31. The summed E-state index contributed by atoms with van der Waals surface area (Å²) in [5, 5.41) is 5.25. The van der Waals surface area contributed by atoms with Gasteiger partial charge < -0.3 is 15.1 Å². The number of rotatable bonds is 8. The molecule has 0 saturated carbocycles. The summed E-state index contributed by atoms with van der Waals surface area (Å²) in [6.07, 6.45) is 3.21. The van der Waals surface area contributed by atoms with Crippen LogP contribution in [0.25, 0.3) is 0 Å². The predicted octanol–water partition coefficient (Wildman–Crippen LogP) is 0.587. The zero-order valence-electron chi connectivity index (χ0n) is 18.5. The van der Waals surface area contributed by atoms with Gasteiger partial charge in [0, 0.05) is 6.54 Å². The second-order valence-corrected chi connectivity index (χ2v) is 9.89. The maximum atomic E-state index is 13.3. The molecule has 0 unspecified atom stereocenters. The van der Waals surface area contributed by atoms with E-state index in [4.69, 9.17) is 4.42 Å². The van der Waals surface area contributed by atoms with Gasteiger partial charge in [0.1, 0.15) is 6.04 Å². The lowest BCUT2D eigenvalue weighted by atomic mass is 10.1. The lowest BCUT2D eigenvalue weighted by Gasteiger charge is -2.32. The van der Waals surface area contributed by atoms with Crippen LogP contribution in [0.5, 0.6) is 0 Å². The maximum absolute atomic E-state index is 13.3. The minimum Gasteiger partial charge on any atom is -0.459 e. The molecule has 1 aliphatic heterocycles. The highest BCUT2D eigenvalue weighted by atomic mass is 32.2. The summed E-state index contributed by atoms with van der Waals surface area (Å²) in [5.41, 5.74) is 0. The first-order chi connectivity index (χ1) is 15.0.